The molecular formula is C14H11Cl3S. The third-order valence-electron chi connectivity index (χ3n) is 3.22. The number of alkyl halides is 2. The van der Waals surface area contributed by atoms with E-state index in [1.165, 1.54) is 4.88 Å². The predicted octanol–water partition coefficient (Wildman–Crippen LogP) is 6.04. The Morgan fingerprint density at radius 1 is 1.11 bits per heavy atom. The summed E-state index contributed by atoms with van der Waals surface area (Å²) in [5.74, 6) is 0. The molecule has 0 spiro atoms. The SMILES string of the molecule is Clc1c(-c2ccccc2)sc2c1C(Cl)(Cl)CCC2. The van der Waals surface area contributed by atoms with E-state index in [9.17, 15) is 0 Å². The zero-order chi connectivity index (χ0) is 12.8. The van der Waals surface area contributed by atoms with Gasteiger partial charge in [-0.05, 0) is 24.8 Å². The van der Waals surface area contributed by atoms with E-state index in [4.69, 9.17) is 34.8 Å². The van der Waals surface area contributed by atoms with Gasteiger partial charge in [-0.3, -0.25) is 0 Å². The molecule has 18 heavy (non-hydrogen) atoms. The number of aryl methyl sites for hydroxylation is 1. The minimum absolute atomic E-state index is 0.728. The molecule has 3 rings (SSSR count). The van der Waals surface area contributed by atoms with Gasteiger partial charge < -0.3 is 0 Å². The molecule has 0 radical (unpaired) electrons. The van der Waals surface area contributed by atoms with Crippen LogP contribution in [0.3, 0.4) is 0 Å². The van der Waals surface area contributed by atoms with Gasteiger partial charge in [-0.15, -0.1) is 11.3 Å². The number of hydrogen-bond donors (Lipinski definition) is 0. The highest BCUT2D eigenvalue weighted by molar-refractivity contribution is 7.16. The van der Waals surface area contributed by atoms with E-state index in [2.05, 4.69) is 12.1 Å². The van der Waals surface area contributed by atoms with Gasteiger partial charge in [0.15, 0.2) is 0 Å². The molecule has 1 aliphatic rings. The van der Waals surface area contributed by atoms with Crippen LogP contribution in [0.5, 0.6) is 0 Å². The van der Waals surface area contributed by atoms with Gasteiger partial charge in [-0.2, -0.15) is 0 Å². The zero-order valence-electron chi connectivity index (χ0n) is 9.55. The molecule has 1 aliphatic carbocycles. The van der Waals surface area contributed by atoms with Crippen LogP contribution in [0.15, 0.2) is 30.3 Å². The molecule has 1 aromatic heterocycles. The summed E-state index contributed by atoms with van der Waals surface area (Å²) < 4.78 is -0.825. The second kappa shape index (κ2) is 4.72. The molecule has 2 aromatic rings. The van der Waals surface area contributed by atoms with Crippen LogP contribution in [-0.4, -0.2) is 0 Å². The zero-order valence-corrected chi connectivity index (χ0v) is 12.6. The van der Waals surface area contributed by atoms with Gasteiger partial charge >= 0.3 is 0 Å². The monoisotopic (exact) mass is 316 g/mol. The lowest BCUT2D eigenvalue weighted by Gasteiger charge is -2.25. The van der Waals surface area contributed by atoms with Gasteiger partial charge in [-0.25, -0.2) is 0 Å². The van der Waals surface area contributed by atoms with Crippen molar-refractivity contribution in [3.63, 3.8) is 0 Å². The van der Waals surface area contributed by atoms with E-state index in [1.54, 1.807) is 11.3 Å². The number of fused-ring (bicyclic) bond motifs is 1. The van der Waals surface area contributed by atoms with E-state index in [-0.39, 0.29) is 0 Å². The molecule has 1 aromatic carbocycles. The van der Waals surface area contributed by atoms with Crippen molar-refractivity contribution in [3.05, 3.63) is 45.8 Å². The van der Waals surface area contributed by atoms with E-state index >= 15 is 0 Å². The lowest BCUT2D eigenvalue weighted by atomic mass is 9.97. The fraction of sp³-hybridized carbons (Fsp3) is 0.286. The Morgan fingerprint density at radius 2 is 1.83 bits per heavy atom. The summed E-state index contributed by atoms with van der Waals surface area (Å²) in [5, 5.41) is 0.728. The summed E-state index contributed by atoms with van der Waals surface area (Å²) in [6, 6.07) is 10.1. The number of thiophene rings is 1. The largest absolute Gasteiger partial charge is 0.145 e. The second-order valence-corrected chi connectivity index (χ2v) is 7.43. The van der Waals surface area contributed by atoms with Crippen LogP contribution in [0.4, 0.5) is 0 Å². The van der Waals surface area contributed by atoms with E-state index in [1.807, 2.05) is 18.2 Å². The fourth-order valence-electron chi connectivity index (χ4n) is 2.37. The first kappa shape index (κ1) is 12.8. The molecular weight excluding hydrogens is 307 g/mol. The highest BCUT2D eigenvalue weighted by Crippen LogP contribution is 2.53. The second-order valence-electron chi connectivity index (χ2n) is 4.47. The molecule has 94 valence electrons. The number of hydrogen-bond acceptors (Lipinski definition) is 1. The first-order chi connectivity index (χ1) is 8.59. The van der Waals surface area contributed by atoms with Gasteiger partial charge in [0.05, 0.1) is 9.90 Å². The summed E-state index contributed by atoms with van der Waals surface area (Å²) in [6.07, 6.45) is 2.81. The summed E-state index contributed by atoms with van der Waals surface area (Å²) in [4.78, 5) is 2.31. The highest BCUT2D eigenvalue weighted by atomic mass is 35.5. The summed E-state index contributed by atoms with van der Waals surface area (Å²) in [6.45, 7) is 0. The normalized spacial score (nSPS) is 17.5. The summed E-state index contributed by atoms with van der Waals surface area (Å²) in [5.41, 5.74) is 2.06. The molecule has 0 bridgehead atoms. The van der Waals surface area contributed by atoms with Crippen molar-refractivity contribution in [2.75, 3.05) is 0 Å². The maximum Gasteiger partial charge on any atom is 0.145 e. The Balaban J connectivity index is 2.18. The smallest absolute Gasteiger partial charge is 0.138 e. The lowest BCUT2D eigenvalue weighted by Crippen LogP contribution is -2.16. The van der Waals surface area contributed by atoms with E-state index in [0.717, 1.165) is 40.3 Å². The van der Waals surface area contributed by atoms with Crippen LogP contribution in [0.2, 0.25) is 5.02 Å². The molecule has 0 N–H and O–H groups in total. The molecule has 0 nitrogen and oxygen atoms in total. The predicted molar refractivity (Wildman–Crippen MR) is 81.1 cm³/mol. The average Bonchev–Trinajstić information content (AvgIpc) is 2.69. The van der Waals surface area contributed by atoms with Gasteiger partial charge in [0.25, 0.3) is 0 Å². The minimum Gasteiger partial charge on any atom is -0.138 e. The van der Waals surface area contributed by atoms with Crippen molar-refractivity contribution >= 4 is 46.1 Å². The maximum absolute atomic E-state index is 6.50. The molecule has 4 heteroatoms. The standard InChI is InChI=1S/C14H11Cl3S/c15-12-11-10(7-4-8-14(11,16)17)18-13(12)9-5-2-1-3-6-9/h1-3,5-6H,4,7-8H2. The van der Waals surface area contributed by atoms with Gasteiger partial charge in [0, 0.05) is 10.4 Å². The van der Waals surface area contributed by atoms with Crippen LogP contribution >= 0.6 is 46.1 Å². The van der Waals surface area contributed by atoms with E-state index < -0.39 is 4.33 Å². The van der Waals surface area contributed by atoms with Crippen LogP contribution in [-0.2, 0) is 10.8 Å². The first-order valence-corrected chi connectivity index (χ1v) is 7.79. The van der Waals surface area contributed by atoms with Crippen LogP contribution in [0.1, 0.15) is 23.3 Å². The van der Waals surface area contributed by atoms with Crippen LogP contribution < -0.4 is 0 Å². The Bertz CT molecular complexity index is 572. The number of benzene rings is 1. The molecule has 0 amide bonds. The Kier molecular flexibility index (Phi) is 3.36. The fourth-order valence-corrected chi connectivity index (χ4v) is 5.13. The van der Waals surface area contributed by atoms with E-state index in [0.29, 0.717) is 0 Å². The minimum atomic E-state index is -0.825. The number of rotatable bonds is 1. The number of halogens is 3. The molecule has 1 heterocycles. The van der Waals surface area contributed by atoms with Crippen molar-refractivity contribution < 1.29 is 0 Å². The van der Waals surface area contributed by atoms with Gasteiger partial charge in [0.1, 0.15) is 4.33 Å². The van der Waals surface area contributed by atoms with Crippen LogP contribution in [0.25, 0.3) is 10.4 Å². The highest BCUT2D eigenvalue weighted by Gasteiger charge is 2.37. The van der Waals surface area contributed by atoms with Crippen molar-refractivity contribution in [1.29, 1.82) is 0 Å². The van der Waals surface area contributed by atoms with Crippen LogP contribution in [0, 0.1) is 0 Å². The third-order valence-corrected chi connectivity index (χ3v) is 5.76. The van der Waals surface area contributed by atoms with Crippen molar-refractivity contribution in [3.8, 4) is 10.4 Å². The van der Waals surface area contributed by atoms with Gasteiger partial charge in [0.2, 0.25) is 0 Å². The Labute approximate surface area is 125 Å². The summed E-state index contributed by atoms with van der Waals surface area (Å²) >= 11 is 21.0. The molecule has 0 fully saturated rings. The quantitative estimate of drug-likeness (QED) is 0.563. The molecule has 0 unspecified atom stereocenters. The molecule has 0 aliphatic heterocycles. The topological polar surface area (TPSA) is 0 Å². The lowest BCUT2D eigenvalue weighted by molar-refractivity contribution is 0.635. The molecule has 0 saturated heterocycles. The average molecular weight is 318 g/mol. The first-order valence-electron chi connectivity index (χ1n) is 5.84. The van der Waals surface area contributed by atoms with Crippen molar-refractivity contribution in [2.45, 2.75) is 23.6 Å². The van der Waals surface area contributed by atoms with Gasteiger partial charge in [-0.1, -0.05) is 65.1 Å². The summed E-state index contributed by atoms with van der Waals surface area (Å²) in [7, 11) is 0. The third kappa shape index (κ3) is 2.08. The van der Waals surface area contributed by atoms with Crippen molar-refractivity contribution in [1.82, 2.24) is 0 Å². The molecule has 0 atom stereocenters. The molecule has 0 saturated carbocycles. The maximum atomic E-state index is 6.50. The Hall–Kier alpha value is -0.210. The Morgan fingerprint density at radius 3 is 2.50 bits per heavy atom. The van der Waals surface area contributed by atoms with Crippen molar-refractivity contribution in [2.24, 2.45) is 0 Å².